The van der Waals surface area contributed by atoms with Crippen molar-refractivity contribution in [2.75, 3.05) is 18.1 Å². The van der Waals surface area contributed by atoms with E-state index in [4.69, 9.17) is 4.74 Å². The molecule has 106 valence electrons. The van der Waals surface area contributed by atoms with Crippen molar-refractivity contribution in [2.45, 2.75) is 32.2 Å². The molecule has 3 heterocycles. The Hall–Kier alpha value is -2.11. The summed E-state index contributed by atoms with van der Waals surface area (Å²) in [6, 6.07) is 3.53. The molecule has 1 unspecified atom stereocenters. The van der Waals surface area contributed by atoms with E-state index in [1.165, 1.54) is 0 Å². The molecule has 6 heteroatoms. The number of anilines is 1. The third kappa shape index (κ3) is 2.33. The lowest BCUT2D eigenvalue weighted by Gasteiger charge is -2.34. The maximum atomic E-state index is 12.1. The molecule has 0 aromatic carbocycles. The fourth-order valence-corrected chi connectivity index (χ4v) is 2.65. The highest BCUT2D eigenvalue weighted by Gasteiger charge is 2.30. The molecule has 6 nitrogen and oxygen atoms in total. The van der Waals surface area contributed by atoms with E-state index >= 15 is 0 Å². The largest absolute Gasteiger partial charge is 0.464 e. The van der Waals surface area contributed by atoms with Gasteiger partial charge in [0.25, 0.3) is 0 Å². The van der Waals surface area contributed by atoms with Crippen LogP contribution in [0, 0.1) is 0 Å². The summed E-state index contributed by atoms with van der Waals surface area (Å²) >= 11 is 0. The lowest BCUT2D eigenvalue weighted by atomic mass is 10.0. The molecule has 0 spiro atoms. The summed E-state index contributed by atoms with van der Waals surface area (Å²) in [5.41, 5.74) is 0.788. The molecule has 1 fully saturated rings. The summed E-state index contributed by atoms with van der Waals surface area (Å²) in [5, 5.41) is 4.13. The fraction of sp³-hybridized carbons (Fsp3) is 0.500. The van der Waals surface area contributed by atoms with Crippen molar-refractivity contribution in [3.8, 4) is 0 Å². The van der Waals surface area contributed by atoms with Gasteiger partial charge in [0.15, 0.2) is 5.65 Å². The zero-order valence-corrected chi connectivity index (χ0v) is 11.5. The van der Waals surface area contributed by atoms with Gasteiger partial charge in [-0.25, -0.2) is 14.3 Å². The van der Waals surface area contributed by atoms with Crippen LogP contribution in [0.4, 0.5) is 5.82 Å². The number of hydrogen-bond donors (Lipinski definition) is 0. The predicted molar refractivity (Wildman–Crippen MR) is 74.6 cm³/mol. The number of nitrogens with zero attached hydrogens (tertiary/aromatic N) is 4. The Kier molecular flexibility index (Phi) is 3.54. The highest BCUT2D eigenvalue weighted by molar-refractivity contribution is 5.80. The first-order valence-corrected chi connectivity index (χ1v) is 7.03. The molecular weight excluding hydrogens is 256 g/mol. The van der Waals surface area contributed by atoms with E-state index in [1.54, 1.807) is 10.7 Å². The zero-order chi connectivity index (χ0) is 13.9. The first-order valence-electron chi connectivity index (χ1n) is 7.03. The number of esters is 1. The van der Waals surface area contributed by atoms with Crippen molar-refractivity contribution >= 4 is 17.4 Å². The number of hydrogen-bond acceptors (Lipinski definition) is 5. The highest BCUT2D eigenvalue weighted by Crippen LogP contribution is 2.24. The normalized spacial score (nSPS) is 19.2. The molecule has 1 atom stereocenters. The van der Waals surface area contributed by atoms with Gasteiger partial charge in [0.1, 0.15) is 11.9 Å². The van der Waals surface area contributed by atoms with Crippen LogP contribution in [0.1, 0.15) is 26.2 Å². The van der Waals surface area contributed by atoms with Crippen LogP contribution in [0.3, 0.4) is 0 Å². The Balaban J connectivity index is 1.90. The van der Waals surface area contributed by atoms with Crippen molar-refractivity contribution in [1.82, 2.24) is 14.6 Å². The van der Waals surface area contributed by atoms with Crippen LogP contribution in [0.5, 0.6) is 0 Å². The van der Waals surface area contributed by atoms with Crippen LogP contribution in [-0.4, -0.2) is 39.8 Å². The van der Waals surface area contributed by atoms with Gasteiger partial charge in [0, 0.05) is 18.8 Å². The van der Waals surface area contributed by atoms with E-state index in [9.17, 15) is 4.79 Å². The van der Waals surface area contributed by atoms with Crippen molar-refractivity contribution in [3.05, 3.63) is 24.5 Å². The summed E-state index contributed by atoms with van der Waals surface area (Å²) in [4.78, 5) is 18.7. The van der Waals surface area contributed by atoms with Crippen molar-refractivity contribution in [2.24, 2.45) is 0 Å². The molecule has 0 saturated carbocycles. The Labute approximate surface area is 117 Å². The average molecular weight is 274 g/mol. The maximum Gasteiger partial charge on any atom is 0.328 e. The molecule has 1 saturated heterocycles. The number of carbonyl (C=O) groups excluding carboxylic acids is 1. The highest BCUT2D eigenvalue weighted by atomic mass is 16.5. The number of fused-ring (bicyclic) bond motifs is 1. The fourth-order valence-electron chi connectivity index (χ4n) is 2.65. The Bertz CT molecular complexity index is 610. The minimum absolute atomic E-state index is 0.151. The molecule has 1 aliphatic heterocycles. The van der Waals surface area contributed by atoms with E-state index in [0.29, 0.717) is 6.61 Å². The van der Waals surface area contributed by atoms with Gasteiger partial charge in [0.05, 0.1) is 12.8 Å². The van der Waals surface area contributed by atoms with Gasteiger partial charge in [-0.2, -0.15) is 5.10 Å². The Morgan fingerprint density at radius 2 is 2.35 bits per heavy atom. The predicted octanol–water partition coefficient (Wildman–Crippen LogP) is 1.65. The molecule has 0 N–H and O–H groups in total. The monoisotopic (exact) mass is 274 g/mol. The number of aromatic nitrogens is 3. The van der Waals surface area contributed by atoms with E-state index in [1.807, 2.05) is 25.3 Å². The minimum Gasteiger partial charge on any atom is -0.464 e. The minimum atomic E-state index is -0.221. The van der Waals surface area contributed by atoms with Gasteiger partial charge in [-0.3, -0.25) is 0 Å². The van der Waals surface area contributed by atoms with Gasteiger partial charge < -0.3 is 9.64 Å². The van der Waals surface area contributed by atoms with Gasteiger partial charge in [-0.05, 0) is 32.3 Å². The average Bonchev–Trinajstić information content (AvgIpc) is 2.95. The quantitative estimate of drug-likeness (QED) is 0.796. The molecule has 0 amide bonds. The zero-order valence-electron chi connectivity index (χ0n) is 11.5. The van der Waals surface area contributed by atoms with Gasteiger partial charge in [-0.1, -0.05) is 0 Å². The smallest absolute Gasteiger partial charge is 0.328 e. The second kappa shape index (κ2) is 5.48. The summed E-state index contributed by atoms with van der Waals surface area (Å²) in [5.74, 6) is 0.665. The van der Waals surface area contributed by atoms with Crippen molar-refractivity contribution in [3.63, 3.8) is 0 Å². The van der Waals surface area contributed by atoms with Crippen LogP contribution in [-0.2, 0) is 9.53 Å². The van der Waals surface area contributed by atoms with Crippen LogP contribution >= 0.6 is 0 Å². The van der Waals surface area contributed by atoms with Gasteiger partial charge in [0.2, 0.25) is 0 Å². The number of ether oxygens (including phenoxy) is 1. The molecule has 20 heavy (non-hydrogen) atoms. The standard InChI is InChI=1S/C14H18N4O2/c1-2-20-14(19)11-5-3-4-9-17(11)12-7-10-18-13(16-12)6-8-15-18/h6-8,10-11H,2-5,9H2,1H3. The van der Waals surface area contributed by atoms with Crippen LogP contribution in [0.25, 0.3) is 5.65 Å². The first kappa shape index (κ1) is 12.9. The first-order chi connectivity index (χ1) is 9.79. The second-order valence-electron chi connectivity index (χ2n) is 4.88. The van der Waals surface area contributed by atoms with Crippen LogP contribution in [0.15, 0.2) is 24.5 Å². The second-order valence-corrected chi connectivity index (χ2v) is 4.88. The van der Waals surface area contributed by atoms with E-state index < -0.39 is 0 Å². The van der Waals surface area contributed by atoms with Crippen molar-refractivity contribution in [1.29, 1.82) is 0 Å². The SMILES string of the molecule is CCOC(=O)C1CCCCN1c1ccn2nccc2n1. The topological polar surface area (TPSA) is 59.7 Å². The summed E-state index contributed by atoms with van der Waals surface area (Å²) in [6.07, 6.45) is 6.53. The van der Waals surface area contributed by atoms with Gasteiger partial charge >= 0.3 is 5.97 Å². The number of piperidine rings is 1. The molecule has 0 radical (unpaired) electrons. The van der Waals surface area contributed by atoms with Crippen molar-refractivity contribution < 1.29 is 9.53 Å². The van der Waals surface area contributed by atoms with Gasteiger partial charge in [-0.15, -0.1) is 0 Å². The van der Waals surface area contributed by atoms with Crippen LogP contribution < -0.4 is 4.90 Å². The molecule has 2 aromatic rings. The van der Waals surface area contributed by atoms with Crippen LogP contribution in [0.2, 0.25) is 0 Å². The van der Waals surface area contributed by atoms with E-state index in [0.717, 1.165) is 37.3 Å². The third-order valence-electron chi connectivity index (χ3n) is 3.60. The lowest BCUT2D eigenvalue weighted by Crippen LogP contribution is -2.46. The summed E-state index contributed by atoms with van der Waals surface area (Å²) < 4.78 is 6.89. The lowest BCUT2D eigenvalue weighted by molar-refractivity contribution is -0.145. The van der Waals surface area contributed by atoms with E-state index in [-0.39, 0.29) is 12.0 Å². The Morgan fingerprint density at radius 3 is 3.20 bits per heavy atom. The molecule has 1 aliphatic rings. The Morgan fingerprint density at radius 1 is 1.45 bits per heavy atom. The number of rotatable bonds is 3. The summed E-state index contributed by atoms with van der Waals surface area (Å²) in [6.45, 7) is 3.08. The van der Waals surface area contributed by atoms with E-state index in [2.05, 4.69) is 15.0 Å². The summed E-state index contributed by atoms with van der Waals surface area (Å²) in [7, 11) is 0. The molecule has 3 rings (SSSR count). The molecular formula is C14H18N4O2. The third-order valence-corrected chi connectivity index (χ3v) is 3.60. The molecule has 0 bridgehead atoms. The number of carbonyl (C=O) groups is 1. The maximum absolute atomic E-state index is 12.1. The molecule has 0 aliphatic carbocycles. The molecule has 2 aromatic heterocycles.